The van der Waals surface area contributed by atoms with E-state index in [-0.39, 0.29) is 6.54 Å². The van der Waals surface area contributed by atoms with Crippen molar-refractivity contribution in [3.63, 3.8) is 0 Å². The minimum atomic E-state index is -1.23. The van der Waals surface area contributed by atoms with E-state index in [2.05, 4.69) is 5.32 Å². The Labute approximate surface area is 129 Å². The summed E-state index contributed by atoms with van der Waals surface area (Å²) < 4.78 is 4.93. The van der Waals surface area contributed by atoms with Crippen LogP contribution in [0, 0.1) is 0 Å². The van der Waals surface area contributed by atoms with Crippen LogP contribution in [0.2, 0.25) is 5.02 Å². The van der Waals surface area contributed by atoms with Crippen molar-refractivity contribution in [3.8, 4) is 0 Å². The Kier molecular flexibility index (Phi) is 6.18. The molecule has 1 aromatic rings. The summed E-state index contributed by atoms with van der Waals surface area (Å²) in [6, 6.07) is 6.92. The van der Waals surface area contributed by atoms with E-state index in [0.29, 0.717) is 17.0 Å². The van der Waals surface area contributed by atoms with Crippen molar-refractivity contribution in [1.82, 2.24) is 5.32 Å². The number of carbonyl (C=O) groups is 2. The normalized spacial score (nSPS) is 12.6. The summed E-state index contributed by atoms with van der Waals surface area (Å²) in [4.78, 5) is 22.8. The molecule has 0 heterocycles. The Morgan fingerprint density at radius 1 is 1.43 bits per heavy atom. The largest absolute Gasteiger partial charge is 0.450 e. The van der Waals surface area contributed by atoms with Gasteiger partial charge in [-0.05, 0) is 38.0 Å². The first kappa shape index (κ1) is 17.5. The quantitative estimate of drug-likeness (QED) is 0.790. The number of halogens is 1. The highest BCUT2D eigenvalue weighted by atomic mass is 35.5. The fourth-order valence-electron chi connectivity index (χ4n) is 1.82. The zero-order chi connectivity index (χ0) is 16.0. The topological polar surface area (TPSA) is 75.6 Å². The van der Waals surface area contributed by atoms with Crippen LogP contribution < -0.4 is 5.32 Å². The monoisotopic (exact) mass is 313 g/mol. The van der Waals surface area contributed by atoms with Gasteiger partial charge in [0.25, 0.3) is 5.91 Å². The van der Waals surface area contributed by atoms with Gasteiger partial charge in [-0.1, -0.05) is 23.7 Å². The lowest BCUT2D eigenvalue weighted by Gasteiger charge is -2.23. The Bertz CT molecular complexity index is 516. The highest BCUT2D eigenvalue weighted by Crippen LogP contribution is 2.20. The first-order valence-electron chi connectivity index (χ1n) is 6.64. The number of rotatable bonds is 6. The van der Waals surface area contributed by atoms with Gasteiger partial charge in [-0.15, -0.1) is 0 Å². The lowest BCUT2D eigenvalue weighted by molar-refractivity contribution is -0.162. The van der Waals surface area contributed by atoms with Crippen molar-refractivity contribution in [2.45, 2.75) is 38.9 Å². The molecule has 1 unspecified atom stereocenters. The second kappa shape index (κ2) is 7.43. The molecule has 0 radical (unpaired) electrons. The molecule has 0 aliphatic heterocycles. The van der Waals surface area contributed by atoms with Crippen LogP contribution in [-0.2, 0) is 14.3 Å². The van der Waals surface area contributed by atoms with Gasteiger partial charge in [0.05, 0.1) is 6.10 Å². The summed E-state index contributed by atoms with van der Waals surface area (Å²) in [5.41, 5.74) is -0.539. The van der Waals surface area contributed by atoms with E-state index in [1.165, 1.54) is 20.8 Å². The smallest absolute Gasteiger partial charge is 0.303 e. The number of aliphatic hydroxyl groups excluding tert-OH is 1. The molecule has 0 saturated heterocycles. The molecule has 0 bridgehead atoms. The highest BCUT2D eigenvalue weighted by molar-refractivity contribution is 6.30. The van der Waals surface area contributed by atoms with Crippen molar-refractivity contribution in [2.75, 3.05) is 6.54 Å². The van der Waals surface area contributed by atoms with Crippen LogP contribution in [0.1, 0.15) is 38.9 Å². The van der Waals surface area contributed by atoms with E-state index < -0.39 is 23.6 Å². The SMILES string of the molecule is CC(=O)OC(C)(C)C(=O)NCCC(O)c1cccc(Cl)c1. The maximum atomic E-state index is 11.9. The van der Waals surface area contributed by atoms with Gasteiger partial charge in [0.15, 0.2) is 5.60 Å². The van der Waals surface area contributed by atoms with E-state index >= 15 is 0 Å². The minimum Gasteiger partial charge on any atom is -0.450 e. The number of amides is 1. The molecule has 0 aliphatic carbocycles. The average Bonchev–Trinajstić information content (AvgIpc) is 2.36. The number of benzene rings is 1. The molecule has 0 fully saturated rings. The van der Waals surface area contributed by atoms with Crippen LogP contribution in [0.25, 0.3) is 0 Å². The fourth-order valence-corrected chi connectivity index (χ4v) is 2.02. The van der Waals surface area contributed by atoms with E-state index in [1.807, 2.05) is 0 Å². The van der Waals surface area contributed by atoms with Crippen LogP contribution in [0.5, 0.6) is 0 Å². The number of hydrogen-bond donors (Lipinski definition) is 2. The van der Waals surface area contributed by atoms with Crippen molar-refractivity contribution in [2.24, 2.45) is 0 Å². The van der Waals surface area contributed by atoms with Gasteiger partial charge in [-0.2, -0.15) is 0 Å². The summed E-state index contributed by atoms with van der Waals surface area (Å²) in [5, 5.41) is 13.2. The predicted octanol–water partition coefficient (Wildman–Crippen LogP) is 2.22. The molecule has 21 heavy (non-hydrogen) atoms. The molecule has 2 N–H and O–H groups in total. The number of nitrogens with one attached hydrogen (secondary N) is 1. The molecule has 0 aromatic heterocycles. The number of ether oxygens (including phenoxy) is 1. The Morgan fingerprint density at radius 3 is 2.67 bits per heavy atom. The summed E-state index contributed by atoms with van der Waals surface area (Å²) in [6.45, 7) is 4.53. The molecule has 1 aromatic carbocycles. The predicted molar refractivity (Wildman–Crippen MR) is 79.9 cm³/mol. The molecular formula is C15H20ClNO4. The van der Waals surface area contributed by atoms with Gasteiger partial charge < -0.3 is 15.2 Å². The maximum absolute atomic E-state index is 11.9. The lowest BCUT2D eigenvalue weighted by atomic mass is 10.1. The van der Waals surface area contributed by atoms with Gasteiger partial charge in [0.1, 0.15) is 0 Å². The van der Waals surface area contributed by atoms with Gasteiger partial charge in [0.2, 0.25) is 0 Å². The molecule has 6 heteroatoms. The summed E-state index contributed by atoms with van der Waals surface area (Å²) in [7, 11) is 0. The first-order valence-corrected chi connectivity index (χ1v) is 7.01. The maximum Gasteiger partial charge on any atom is 0.303 e. The van der Waals surface area contributed by atoms with Gasteiger partial charge in [-0.3, -0.25) is 9.59 Å². The van der Waals surface area contributed by atoms with Crippen LogP contribution in [0.15, 0.2) is 24.3 Å². The van der Waals surface area contributed by atoms with Crippen LogP contribution in [0.3, 0.4) is 0 Å². The number of esters is 1. The standard InChI is InChI=1S/C15H20ClNO4/c1-10(18)21-15(2,3)14(20)17-8-7-13(19)11-5-4-6-12(16)9-11/h4-6,9,13,19H,7-8H2,1-3H3,(H,17,20). The first-order chi connectivity index (χ1) is 9.72. The Morgan fingerprint density at radius 2 is 2.10 bits per heavy atom. The van der Waals surface area contributed by atoms with Crippen molar-refractivity contribution < 1.29 is 19.4 Å². The second-order valence-electron chi connectivity index (χ2n) is 5.22. The van der Waals surface area contributed by atoms with Crippen molar-refractivity contribution in [1.29, 1.82) is 0 Å². The third-order valence-corrected chi connectivity index (χ3v) is 3.12. The second-order valence-corrected chi connectivity index (χ2v) is 5.66. The lowest BCUT2D eigenvalue weighted by Crippen LogP contribution is -2.45. The molecule has 0 saturated carbocycles. The van der Waals surface area contributed by atoms with Crippen LogP contribution in [0.4, 0.5) is 0 Å². The Hall–Kier alpha value is -1.59. The zero-order valence-corrected chi connectivity index (χ0v) is 13.1. The molecule has 1 rings (SSSR count). The van der Waals surface area contributed by atoms with E-state index in [9.17, 15) is 14.7 Å². The van der Waals surface area contributed by atoms with E-state index in [0.717, 1.165) is 0 Å². The fraction of sp³-hybridized carbons (Fsp3) is 0.467. The summed E-state index contributed by atoms with van der Waals surface area (Å²) >= 11 is 5.85. The van der Waals surface area contributed by atoms with E-state index in [1.54, 1.807) is 24.3 Å². The van der Waals surface area contributed by atoms with Crippen LogP contribution >= 0.6 is 11.6 Å². The number of hydrogen-bond acceptors (Lipinski definition) is 4. The Balaban J connectivity index is 2.46. The molecule has 1 amide bonds. The zero-order valence-electron chi connectivity index (χ0n) is 12.4. The number of carbonyl (C=O) groups excluding carboxylic acids is 2. The number of aliphatic hydroxyl groups is 1. The highest BCUT2D eigenvalue weighted by Gasteiger charge is 2.30. The molecule has 0 aliphatic rings. The summed E-state index contributed by atoms with van der Waals surface area (Å²) in [5.74, 6) is -0.926. The van der Waals surface area contributed by atoms with Crippen molar-refractivity contribution >= 4 is 23.5 Å². The van der Waals surface area contributed by atoms with E-state index in [4.69, 9.17) is 16.3 Å². The molecule has 116 valence electrons. The van der Waals surface area contributed by atoms with Gasteiger partial charge in [0, 0.05) is 18.5 Å². The molecular weight excluding hydrogens is 294 g/mol. The van der Waals surface area contributed by atoms with Crippen LogP contribution in [-0.4, -0.2) is 29.1 Å². The molecule has 5 nitrogen and oxygen atoms in total. The minimum absolute atomic E-state index is 0.261. The third-order valence-electron chi connectivity index (χ3n) is 2.88. The molecule has 0 spiro atoms. The molecule has 1 atom stereocenters. The average molecular weight is 314 g/mol. The third kappa shape index (κ3) is 5.73. The van der Waals surface area contributed by atoms with Gasteiger partial charge >= 0.3 is 5.97 Å². The summed E-state index contributed by atoms with van der Waals surface area (Å²) in [6.07, 6.45) is -0.386. The van der Waals surface area contributed by atoms with Crippen molar-refractivity contribution in [3.05, 3.63) is 34.9 Å². The van der Waals surface area contributed by atoms with Gasteiger partial charge in [-0.25, -0.2) is 0 Å².